The first-order chi connectivity index (χ1) is 8.05. The van der Waals surface area contributed by atoms with Crippen LogP contribution in [0.5, 0.6) is 0 Å². The molecule has 0 fully saturated rings. The zero-order valence-corrected chi connectivity index (χ0v) is 10.9. The van der Waals surface area contributed by atoms with E-state index >= 15 is 0 Å². The molecule has 0 heterocycles. The van der Waals surface area contributed by atoms with E-state index in [4.69, 9.17) is 0 Å². The molecule has 0 radical (unpaired) electrons. The third kappa shape index (κ3) is 3.28. The van der Waals surface area contributed by atoms with Crippen LogP contribution in [0.3, 0.4) is 0 Å². The molecule has 0 aliphatic heterocycles. The zero-order valence-electron chi connectivity index (χ0n) is 10.1. The van der Waals surface area contributed by atoms with Crippen LogP contribution in [0.1, 0.15) is 24.5 Å². The molecule has 0 unspecified atom stereocenters. The Hall–Kier alpha value is -1.39. The minimum atomic E-state index is -3.39. The van der Waals surface area contributed by atoms with Gasteiger partial charge in [-0.1, -0.05) is 37.8 Å². The summed E-state index contributed by atoms with van der Waals surface area (Å²) in [5, 5.41) is 0. The van der Waals surface area contributed by atoms with Crippen LogP contribution in [0.2, 0.25) is 0 Å². The highest BCUT2D eigenvalue weighted by Crippen LogP contribution is 2.18. The first kappa shape index (κ1) is 13.7. The molecule has 0 atom stereocenters. The first-order valence-corrected chi connectivity index (χ1v) is 6.90. The normalized spacial score (nSPS) is 11.9. The minimum absolute atomic E-state index is 0.253. The van der Waals surface area contributed by atoms with E-state index in [-0.39, 0.29) is 4.90 Å². The third-order valence-corrected chi connectivity index (χ3v) is 3.80. The Labute approximate surface area is 103 Å². The van der Waals surface area contributed by atoms with Gasteiger partial charge in [-0.2, -0.15) is 0 Å². The van der Waals surface area contributed by atoms with Crippen molar-refractivity contribution < 1.29 is 8.42 Å². The van der Waals surface area contributed by atoms with E-state index in [9.17, 15) is 8.42 Å². The van der Waals surface area contributed by atoms with E-state index in [1.54, 1.807) is 24.3 Å². The highest BCUT2D eigenvalue weighted by Gasteiger charge is 2.11. The van der Waals surface area contributed by atoms with E-state index < -0.39 is 10.0 Å². The number of nitrogens with one attached hydrogen (secondary N) is 1. The minimum Gasteiger partial charge on any atom is -0.214 e. The van der Waals surface area contributed by atoms with Crippen molar-refractivity contribution in [1.82, 2.24) is 4.72 Å². The van der Waals surface area contributed by atoms with Crippen molar-refractivity contribution in [3.8, 4) is 0 Å². The SMILES string of the molecule is C=Cc1cc(S(=O)(=O)NC)ccc1/C=C\CC. The summed E-state index contributed by atoms with van der Waals surface area (Å²) in [6, 6.07) is 5.00. The van der Waals surface area contributed by atoms with Crippen molar-refractivity contribution in [2.75, 3.05) is 7.05 Å². The van der Waals surface area contributed by atoms with Gasteiger partial charge in [-0.3, -0.25) is 0 Å². The third-order valence-electron chi connectivity index (χ3n) is 2.39. The number of allylic oxidation sites excluding steroid dienone is 1. The Morgan fingerprint density at radius 1 is 1.35 bits per heavy atom. The van der Waals surface area contributed by atoms with E-state index in [1.165, 1.54) is 7.05 Å². The van der Waals surface area contributed by atoms with Crippen LogP contribution < -0.4 is 4.72 Å². The van der Waals surface area contributed by atoms with Crippen molar-refractivity contribution in [3.63, 3.8) is 0 Å². The lowest BCUT2D eigenvalue weighted by Gasteiger charge is -2.06. The highest BCUT2D eigenvalue weighted by atomic mass is 32.2. The second-order valence-corrected chi connectivity index (χ2v) is 5.40. The molecule has 1 aromatic carbocycles. The Balaban J connectivity index is 3.27. The molecule has 0 aromatic heterocycles. The van der Waals surface area contributed by atoms with Crippen molar-refractivity contribution in [2.45, 2.75) is 18.2 Å². The lowest BCUT2D eigenvalue weighted by Crippen LogP contribution is -2.18. The second-order valence-electron chi connectivity index (χ2n) is 3.51. The standard InChI is InChI=1S/C13H17NO2S/c1-4-6-7-12-8-9-13(10-11(12)5-2)17(15,16)14-3/h5-10,14H,2,4H2,1,3H3/b7-6-. The number of hydrogen-bond acceptors (Lipinski definition) is 2. The molecule has 0 aliphatic rings. The van der Waals surface area contributed by atoms with Gasteiger partial charge in [0.05, 0.1) is 4.90 Å². The Bertz CT molecular complexity index is 530. The molecule has 3 nitrogen and oxygen atoms in total. The van der Waals surface area contributed by atoms with Gasteiger partial charge in [-0.25, -0.2) is 13.1 Å². The average Bonchev–Trinajstić information content (AvgIpc) is 2.35. The molecule has 4 heteroatoms. The van der Waals surface area contributed by atoms with E-state index in [1.807, 2.05) is 19.1 Å². The summed E-state index contributed by atoms with van der Waals surface area (Å²) in [6.07, 6.45) is 6.58. The predicted molar refractivity (Wildman–Crippen MR) is 72.1 cm³/mol. The molecule has 1 aromatic rings. The molecule has 0 saturated heterocycles. The molecule has 1 N–H and O–H groups in total. The number of hydrogen-bond donors (Lipinski definition) is 1. The van der Waals surface area contributed by atoms with E-state index in [0.717, 1.165) is 17.5 Å². The molecule has 1 rings (SSSR count). The molecule has 92 valence electrons. The number of rotatable bonds is 5. The van der Waals surface area contributed by atoms with Crippen LogP contribution in [0.4, 0.5) is 0 Å². The van der Waals surface area contributed by atoms with Crippen LogP contribution in [0.25, 0.3) is 12.2 Å². The summed E-state index contributed by atoms with van der Waals surface area (Å²) in [4.78, 5) is 0.253. The molecule has 0 bridgehead atoms. The average molecular weight is 251 g/mol. The van der Waals surface area contributed by atoms with Crippen molar-refractivity contribution >= 4 is 22.2 Å². The smallest absolute Gasteiger partial charge is 0.214 e. The van der Waals surface area contributed by atoms with Crippen LogP contribution in [-0.2, 0) is 10.0 Å². The lowest BCUT2D eigenvalue weighted by molar-refractivity contribution is 0.588. The Morgan fingerprint density at radius 2 is 2.06 bits per heavy atom. The monoisotopic (exact) mass is 251 g/mol. The van der Waals surface area contributed by atoms with Crippen molar-refractivity contribution in [3.05, 3.63) is 42.0 Å². The van der Waals surface area contributed by atoms with Crippen LogP contribution >= 0.6 is 0 Å². The van der Waals surface area contributed by atoms with Gasteiger partial charge in [-0.15, -0.1) is 0 Å². The summed E-state index contributed by atoms with van der Waals surface area (Å²) >= 11 is 0. The van der Waals surface area contributed by atoms with Gasteiger partial charge >= 0.3 is 0 Å². The fourth-order valence-corrected chi connectivity index (χ4v) is 2.18. The zero-order chi connectivity index (χ0) is 12.9. The maximum absolute atomic E-state index is 11.6. The fraction of sp³-hybridized carbons (Fsp3) is 0.231. The number of benzene rings is 1. The molecule has 0 amide bonds. The lowest BCUT2D eigenvalue weighted by atomic mass is 10.1. The van der Waals surface area contributed by atoms with Crippen LogP contribution in [0.15, 0.2) is 35.7 Å². The second kappa shape index (κ2) is 5.80. The van der Waals surface area contributed by atoms with Gasteiger partial charge in [0.2, 0.25) is 10.0 Å². The van der Waals surface area contributed by atoms with Gasteiger partial charge in [0.25, 0.3) is 0 Å². The first-order valence-electron chi connectivity index (χ1n) is 5.41. The molecular formula is C13H17NO2S. The fourth-order valence-electron chi connectivity index (χ4n) is 1.41. The van der Waals surface area contributed by atoms with E-state index in [0.29, 0.717) is 0 Å². The molecule has 0 spiro atoms. The quantitative estimate of drug-likeness (QED) is 0.874. The molecule has 0 saturated carbocycles. The van der Waals surface area contributed by atoms with Crippen molar-refractivity contribution in [1.29, 1.82) is 0 Å². The summed E-state index contributed by atoms with van der Waals surface area (Å²) in [5.74, 6) is 0. The van der Waals surface area contributed by atoms with Crippen molar-refractivity contribution in [2.24, 2.45) is 0 Å². The van der Waals surface area contributed by atoms with E-state index in [2.05, 4.69) is 11.3 Å². The van der Waals surface area contributed by atoms with Gasteiger partial charge in [0.1, 0.15) is 0 Å². The summed E-state index contributed by atoms with van der Waals surface area (Å²) in [6.45, 7) is 5.75. The predicted octanol–water partition coefficient (Wildman–Crippen LogP) is 2.66. The Morgan fingerprint density at radius 3 is 2.59 bits per heavy atom. The highest BCUT2D eigenvalue weighted by molar-refractivity contribution is 7.89. The van der Waals surface area contributed by atoms with Gasteiger partial charge < -0.3 is 0 Å². The molecule has 17 heavy (non-hydrogen) atoms. The van der Waals surface area contributed by atoms with Gasteiger partial charge in [0, 0.05) is 0 Å². The maximum atomic E-state index is 11.6. The molecular weight excluding hydrogens is 234 g/mol. The molecule has 0 aliphatic carbocycles. The summed E-state index contributed by atoms with van der Waals surface area (Å²) in [7, 11) is -1.99. The maximum Gasteiger partial charge on any atom is 0.240 e. The van der Waals surface area contributed by atoms with Crippen LogP contribution in [-0.4, -0.2) is 15.5 Å². The number of sulfonamides is 1. The Kier molecular flexibility index (Phi) is 4.66. The topological polar surface area (TPSA) is 46.2 Å². The summed E-state index contributed by atoms with van der Waals surface area (Å²) in [5.41, 5.74) is 1.78. The largest absolute Gasteiger partial charge is 0.240 e. The van der Waals surface area contributed by atoms with Crippen LogP contribution in [0, 0.1) is 0 Å². The van der Waals surface area contributed by atoms with Gasteiger partial charge in [0.15, 0.2) is 0 Å². The van der Waals surface area contributed by atoms with Gasteiger partial charge in [-0.05, 0) is 36.7 Å². The summed E-state index contributed by atoms with van der Waals surface area (Å²) < 4.78 is 25.6.